The first-order valence-corrected chi connectivity index (χ1v) is 7.59. The molecule has 1 amide bonds. The van der Waals surface area contributed by atoms with Gasteiger partial charge < -0.3 is 10.1 Å². The van der Waals surface area contributed by atoms with Crippen LogP contribution >= 0.6 is 15.9 Å². The first-order valence-electron chi connectivity index (χ1n) is 6.79. The quantitative estimate of drug-likeness (QED) is 0.887. The van der Waals surface area contributed by atoms with Gasteiger partial charge in [0, 0.05) is 4.47 Å². The van der Waals surface area contributed by atoms with Gasteiger partial charge in [0.05, 0.1) is 6.04 Å². The topological polar surface area (TPSA) is 38.3 Å². The van der Waals surface area contributed by atoms with Crippen molar-refractivity contribution in [1.82, 2.24) is 5.32 Å². The number of aryl methyl sites for hydroxylation is 1. The fourth-order valence-electron chi connectivity index (χ4n) is 2.04. The molecule has 1 N–H and O–H groups in total. The summed E-state index contributed by atoms with van der Waals surface area (Å²) >= 11 is 3.49. The highest BCUT2D eigenvalue weighted by Crippen LogP contribution is 2.22. The molecule has 3 nitrogen and oxygen atoms in total. The van der Waals surface area contributed by atoms with E-state index in [-0.39, 0.29) is 18.6 Å². The first-order chi connectivity index (χ1) is 10.1. The molecule has 4 heteroatoms. The largest absolute Gasteiger partial charge is 0.484 e. The van der Waals surface area contributed by atoms with Crippen LogP contribution in [0.2, 0.25) is 0 Å². The maximum absolute atomic E-state index is 11.9. The lowest BCUT2D eigenvalue weighted by Gasteiger charge is -2.16. The molecule has 0 spiro atoms. The Bertz CT molecular complexity index is 628. The molecule has 1 atom stereocenters. The van der Waals surface area contributed by atoms with Crippen molar-refractivity contribution in [3.8, 4) is 5.75 Å². The molecule has 110 valence electrons. The number of hydrogen-bond donors (Lipinski definition) is 1. The summed E-state index contributed by atoms with van der Waals surface area (Å²) in [5.41, 5.74) is 2.15. The molecule has 21 heavy (non-hydrogen) atoms. The highest BCUT2D eigenvalue weighted by atomic mass is 79.9. The Morgan fingerprint density at radius 3 is 2.71 bits per heavy atom. The lowest BCUT2D eigenvalue weighted by Crippen LogP contribution is -2.31. The molecule has 0 heterocycles. The van der Waals surface area contributed by atoms with Crippen molar-refractivity contribution in [1.29, 1.82) is 0 Å². The van der Waals surface area contributed by atoms with E-state index >= 15 is 0 Å². The minimum absolute atomic E-state index is 0.0121. The van der Waals surface area contributed by atoms with E-state index in [1.165, 1.54) is 0 Å². The minimum Gasteiger partial charge on any atom is -0.484 e. The molecular formula is C17H18BrNO2. The molecule has 0 saturated carbocycles. The average molecular weight is 348 g/mol. The highest BCUT2D eigenvalue weighted by Gasteiger charge is 2.12. The van der Waals surface area contributed by atoms with Crippen molar-refractivity contribution in [2.75, 3.05) is 6.61 Å². The Hall–Kier alpha value is -1.81. The third-order valence-electron chi connectivity index (χ3n) is 3.11. The molecule has 2 aromatic carbocycles. The zero-order chi connectivity index (χ0) is 15.2. The van der Waals surface area contributed by atoms with Gasteiger partial charge in [-0.1, -0.05) is 46.3 Å². The first kappa shape index (κ1) is 15.6. The normalized spacial score (nSPS) is 11.8. The summed E-state index contributed by atoms with van der Waals surface area (Å²) in [6.45, 7) is 3.95. The maximum atomic E-state index is 11.9. The van der Waals surface area contributed by atoms with E-state index in [2.05, 4.69) is 21.2 Å². The van der Waals surface area contributed by atoms with Crippen LogP contribution in [0.4, 0.5) is 0 Å². The van der Waals surface area contributed by atoms with Gasteiger partial charge in [-0.25, -0.2) is 0 Å². The second-order valence-electron chi connectivity index (χ2n) is 4.92. The molecule has 2 rings (SSSR count). The third kappa shape index (κ3) is 4.60. The highest BCUT2D eigenvalue weighted by molar-refractivity contribution is 9.10. The van der Waals surface area contributed by atoms with Crippen LogP contribution in [0, 0.1) is 6.92 Å². The molecule has 0 aliphatic carbocycles. The Kier molecular flexibility index (Phi) is 5.39. The Balaban J connectivity index is 1.89. The summed E-state index contributed by atoms with van der Waals surface area (Å²) in [4.78, 5) is 11.9. The number of hydrogen-bond acceptors (Lipinski definition) is 2. The SMILES string of the molecule is Cc1cccc(OCC(=O)N[C@H](C)c2ccccc2Br)c1. The van der Waals surface area contributed by atoms with Crippen molar-refractivity contribution in [2.24, 2.45) is 0 Å². The van der Waals surface area contributed by atoms with Gasteiger partial charge in [0.2, 0.25) is 0 Å². The van der Waals surface area contributed by atoms with Gasteiger partial charge >= 0.3 is 0 Å². The number of amides is 1. The fraction of sp³-hybridized carbons (Fsp3) is 0.235. The van der Waals surface area contributed by atoms with E-state index < -0.39 is 0 Å². The Labute approximate surface area is 133 Å². The van der Waals surface area contributed by atoms with Gasteiger partial charge in [0.15, 0.2) is 6.61 Å². The van der Waals surface area contributed by atoms with Gasteiger partial charge in [-0.15, -0.1) is 0 Å². The van der Waals surface area contributed by atoms with Crippen molar-refractivity contribution in [3.63, 3.8) is 0 Å². The predicted molar refractivity (Wildman–Crippen MR) is 87.4 cm³/mol. The van der Waals surface area contributed by atoms with Crippen LogP contribution in [-0.2, 0) is 4.79 Å². The molecule has 0 aromatic heterocycles. The van der Waals surface area contributed by atoms with Gasteiger partial charge in [0.1, 0.15) is 5.75 Å². The number of ether oxygens (including phenoxy) is 1. The molecule has 0 fully saturated rings. The summed E-state index contributed by atoms with van der Waals surface area (Å²) in [7, 11) is 0. The number of halogens is 1. The molecule has 0 saturated heterocycles. The lowest BCUT2D eigenvalue weighted by molar-refractivity contribution is -0.123. The molecule has 0 aliphatic heterocycles. The number of carbonyl (C=O) groups excluding carboxylic acids is 1. The van der Waals surface area contributed by atoms with E-state index in [0.29, 0.717) is 5.75 Å². The monoisotopic (exact) mass is 347 g/mol. The average Bonchev–Trinajstić information content (AvgIpc) is 2.45. The zero-order valence-corrected chi connectivity index (χ0v) is 13.7. The number of rotatable bonds is 5. The maximum Gasteiger partial charge on any atom is 0.258 e. The van der Waals surface area contributed by atoms with E-state index in [1.807, 2.05) is 62.4 Å². The summed E-state index contributed by atoms with van der Waals surface area (Å²) in [6.07, 6.45) is 0. The molecular weight excluding hydrogens is 330 g/mol. The van der Waals surface area contributed by atoms with Crippen LogP contribution < -0.4 is 10.1 Å². The van der Waals surface area contributed by atoms with E-state index in [9.17, 15) is 4.79 Å². The van der Waals surface area contributed by atoms with Crippen molar-refractivity contribution in [3.05, 3.63) is 64.1 Å². The molecule has 0 radical (unpaired) electrons. The van der Waals surface area contributed by atoms with Crippen LogP contribution in [-0.4, -0.2) is 12.5 Å². The van der Waals surface area contributed by atoms with E-state index in [1.54, 1.807) is 0 Å². The Morgan fingerprint density at radius 2 is 2.00 bits per heavy atom. The number of benzene rings is 2. The van der Waals surface area contributed by atoms with Crippen molar-refractivity contribution in [2.45, 2.75) is 19.9 Å². The molecule has 0 bridgehead atoms. The summed E-state index contributed by atoms with van der Waals surface area (Å²) in [6, 6.07) is 15.4. The standard InChI is InChI=1S/C17H18BrNO2/c1-12-6-5-7-14(10-12)21-11-17(20)19-13(2)15-8-3-4-9-16(15)18/h3-10,13H,11H2,1-2H3,(H,19,20)/t13-/m1/s1. The number of nitrogens with one attached hydrogen (secondary N) is 1. The second-order valence-corrected chi connectivity index (χ2v) is 5.77. The van der Waals surface area contributed by atoms with Gasteiger partial charge in [0.25, 0.3) is 5.91 Å². The van der Waals surface area contributed by atoms with Crippen LogP contribution in [0.15, 0.2) is 53.0 Å². The smallest absolute Gasteiger partial charge is 0.258 e. The summed E-state index contributed by atoms with van der Waals surface area (Å²) in [5, 5.41) is 2.93. The van der Waals surface area contributed by atoms with E-state index in [4.69, 9.17) is 4.74 Å². The van der Waals surface area contributed by atoms with Crippen LogP contribution in [0.5, 0.6) is 5.75 Å². The van der Waals surface area contributed by atoms with Crippen molar-refractivity contribution < 1.29 is 9.53 Å². The van der Waals surface area contributed by atoms with Crippen LogP contribution in [0.1, 0.15) is 24.1 Å². The molecule has 2 aromatic rings. The zero-order valence-electron chi connectivity index (χ0n) is 12.1. The van der Waals surface area contributed by atoms with Gasteiger partial charge in [-0.3, -0.25) is 4.79 Å². The van der Waals surface area contributed by atoms with Crippen molar-refractivity contribution >= 4 is 21.8 Å². The van der Waals surface area contributed by atoms with Gasteiger partial charge in [-0.05, 0) is 43.2 Å². The van der Waals surface area contributed by atoms with E-state index in [0.717, 1.165) is 15.6 Å². The lowest BCUT2D eigenvalue weighted by atomic mass is 10.1. The Morgan fingerprint density at radius 1 is 1.24 bits per heavy atom. The molecule has 0 unspecified atom stereocenters. The second kappa shape index (κ2) is 7.27. The predicted octanol–water partition coefficient (Wildman–Crippen LogP) is 4.01. The van der Waals surface area contributed by atoms with Crippen LogP contribution in [0.25, 0.3) is 0 Å². The summed E-state index contributed by atoms with van der Waals surface area (Å²) < 4.78 is 6.48. The third-order valence-corrected chi connectivity index (χ3v) is 3.83. The van der Waals surface area contributed by atoms with Gasteiger partial charge in [-0.2, -0.15) is 0 Å². The summed E-state index contributed by atoms with van der Waals surface area (Å²) in [5.74, 6) is 0.568. The minimum atomic E-state index is -0.139. The fourth-order valence-corrected chi connectivity index (χ4v) is 2.67. The van der Waals surface area contributed by atoms with Crippen LogP contribution in [0.3, 0.4) is 0 Å². The molecule has 0 aliphatic rings. The number of carbonyl (C=O) groups is 1.